The summed E-state index contributed by atoms with van der Waals surface area (Å²) < 4.78 is 10.0. The molecule has 0 radical (unpaired) electrons. The van der Waals surface area contributed by atoms with Gasteiger partial charge in [0, 0.05) is 17.5 Å². The zero-order valence-electron chi connectivity index (χ0n) is 16.8. The van der Waals surface area contributed by atoms with Gasteiger partial charge in [-0.15, -0.1) is 0 Å². The van der Waals surface area contributed by atoms with Crippen LogP contribution in [-0.4, -0.2) is 31.9 Å². The molecule has 0 bridgehead atoms. The predicted octanol–water partition coefficient (Wildman–Crippen LogP) is 3.32. The van der Waals surface area contributed by atoms with Crippen LogP contribution in [0, 0.1) is 22.7 Å². The van der Waals surface area contributed by atoms with Gasteiger partial charge in [0.1, 0.15) is 18.4 Å². The van der Waals surface area contributed by atoms with E-state index in [4.69, 9.17) is 20.0 Å². The van der Waals surface area contributed by atoms with Crippen molar-refractivity contribution >= 4 is 17.8 Å². The van der Waals surface area contributed by atoms with E-state index in [2.05, 4.69) is 16.0 Å². The zero-order chi connectivity index (χ0) is 21.9. The number of nitrogens with one attached hydrogen (secondary N) is 3. The van der Waals surface area contributed by atoms with Gasteiger partial charge in [-0.1, -0.05) is 6.08 Å². The van der Waals surface area contributed by atoms with Gasteiger partial charge < -0.3 is 25.4 Å². The molecule has 1 atom stereocenters. The number of rotatable bonds is 7. The lowest BCUT2D eigenvalue weighted by molar-refractivity contribution is 0.146. The van der Waals surface area contributed by atoms with Crippen LogP contribution in [0.3, 0.4) is 0 Å². The molecule has 30 heavy (non-hydrogen) atoms. The quantitative estimate of drug-likeness (QED) is 0.591. The number of nitrogens with zero attached hydrogens (tertiary/aromatic N) is 2. The Bertz CT molecular complexity index is 940. The lowest BCUT2D eigenvalue weighted by Crippen LogP contribution is -2.35. The molecule has 3 N–H and O–H groups in total. The van der Waals surface area contributed by atoms with Crippen molar-refractivity contribution in [3.63, 3.8) is 0 Å². The first kappa shape index (κ1) is 22.3. The minimum Gasteiger partial charge on any atom is -0.495 e. The average molecular weight is 409 g/mol. The monoisotopic (exact) mass is 409 g/mol. The number of allylic oxidation sites excluding steroid dienone is 2. The fourth-order valence-corrected chi connectivity index (χ4v) is 2.81. The summed E-state index contributed by atoms with van der Waals surface area (Å²) in [7, 11) is 1.45. The number of carbonyl (C=O) groups excluding carboxylic acids is 2. The maximum Gasteiger partial charge on any atom is 0.407 e. The summed E-state index contributed by atoms with van der Waals surface area (Å²) >= 11 is 0. The van der Waals surface area contributed by atoms with Crippen molar-refractivity contribution in [2.45, 2.75) is 32.2 Å². The van der Waals surface area contributed by atoms with Crippen LogP contribution in [0.25, 0.3) is 0 Å². The van der Waals surface area contributed by atoms with Crippen molar-refractivity contribution in [3.05, 3.63) is 47.2 Å². The summed E-state index contributed by atoms with van der Waals surface area (Å²) in [6.45, 7) is 1.87. The van der Waals surface area contributed by atoms with Crippen LogP contribution in [0.1, 0.15) is 31.7 Å². The van der Waals surface area contributed by atoms with E-state index in [1.807, 2.05) is 31.2 Å². The van der Waals surface area contributed by atoms with Gasteiger partial charge in [0.2, 0.25) is 0 Å². The van der Waals surface area contributed by atoms with Gasteiger partial charge in [0.25, 0.3) is 0 Å². The Labute approximate surface area is 175 Å². The Morgan fingerprint density at radius 1 is 1.27 bits per heavy atom. The van der Waals surface area contributed by atoms with Gasteiger partial charge in [-0.2, -0.15) is 10.5 Å². The molecule has 2 rings (SSSR count). The zero-order valence-corrected chi connectivity index (χ0v) is 16.8. The molecule has 0 saturated heterocycles. The first-order valence-electron chi connectivity index (χ1n) is 9.33. The van der Waals surface area contributed by atoms with E-state index in [-0.39, 0.29) is 19.1 Å². The Kier molecular flexibility index (Phi) is 8.27. The van der Waals surface area contributed by atoms with Crippen molar-refractivity contribution in [3.8, 4) is 17.9 Å². The van der Waals surface area contributed by atoms with Gasteiger partial charge in [-0.05, 0) is 43.5 Å². The SMILES string of the molecule is COc1cc(NC(=O)NC2=CCCC([C@H](C)NC(=O)OCCC#N)=C2)ccc1C#N. The Hall–Kier alpha value is -3.98. The second kappa shape index (κ2) is 11.1. The molecular weight excluding hydrogens is 386 g/mol. The molecule has 1 aromatic rings. The lowest BCUT2D eigenvalue weighted by atomic mass is 9.97. The van der Waals surface area contributed by atoms with Crippen LogP contribution in [0.15, 0.2) is 41.6 Å². The normalized spacial score (nSPS) is 13.5. The molecule has 0 unspecified atom stereocenters. The maximum atomic E-state index is 12.3. The standard InChI is InChI=1S/C21H23N5O4/c1-14(24-21(28)30-10-4-9-22)15-5-3-6-17(11-15)25-20(27)26-18-8-7-16(13-23)19(12-18)29-2/h6-8,11-12,14H,3-5,10H2,1-2H3,(H,24,28)(H2,25,26,27)/t14-/m0/s1. The molecule has 1 aliphatic rings. The van der Waals surface area contributed by atoms with Crippen LogP contribution >= 0.6 is 0 Å². The molecule has 0 saturated carbocycles. The van der Waals surface area contributed by atoms with Crippen LogP contribution in [-0.2, 0) is 4.74 Å². The van der Waals surface area contributed by atoms with E-state index < -0.39 is 12.1 Å². The van der Waals surface area contributed by atoms with Gasteiger partial charge in [0.05, 0.1) is 31.2 Å². The van der Waals surface area contributed by atoms with Crippen molar-refractivity contribution in [1.29, 1.82) is 10.5 Å². The van der Waals surface area contributed by atoms with Crippen molar-refractivity contribution < 1.29 is 19.1 Å². The minimum atomic E-state index is -0.588. The van der Waals surface area contributed by atoms with E-state index >= 15 is 0 Å². The van der Waals surface area contributed by atoms with Crippen molar-refractivity contribution in [2.75, 3.05) is 19.0 Å². The van der Waals surface area contributed by atoms with E-state index in [1.165, 1.54) is 7.11 Å². The van der Waals surface area contributed by atoms with Gasteiger partial charge in [0.15, 0.2) is 0 Å². The van der Waals surface area contributed by atoms with E-state index in [9.17, 15) is 9.59 Å². The summed E-state index contributed by atoms with van der Waals surface area (Å²) in [5.41, 5.74) is 2.41. The highest BCUT2D eigenvalue weighted by Crippen LogP contribution is 2.23. The molecule has 1 aliphatic carbocycles. The molecule has 0 fully saturated rings. The van der Waals surface area contributed by atoms with Gasteiger partial charge in [-0.25, -0.2) is 9.59 Å². The number of amides is 3. The third kappa shape index (κ3) is 6.57. The third-order valence-electron chi connectivity index (χ3n) is 4.31. The Balaban J connectivity index is 1.93. The number of urea groups is 1. The predicted molar refractivity (Wildman–Crippen MR) is 109 cm³/mol. The summed E-state index contributed by atoms with van der Waals surface area (Å²) in [5.74, 6) is 0.371. The van der Waals surface area contributed by atoms with E-state index in [0.717, 1.165) is 12.0 Å². The molecule has 9 heteroatoms. The summed E-state index contributed by atoms with van der Waals surface area (Å²) in [5, 5.41) is 25.7. The van der Waals surface area contributed by atoms with Gasteiger partial charge in [-0.3, -0.25) is 0 Å². The largest absolute Gasteiger partial charge is 0.495 e. The average Bonchev–Trinajstić information content (AvgIpc) is 2.73. The smallest absolute Gasteiger partial charge is 0.407 e. The fraction of sp³-hybridized carbons (Fsp3) is 0.333. The molecule has 0 aromatic heterocycles. The summed E-state index contributed by atoms with van der Waals surface area (Å²) in [4.78, 5) is 24.1. The molecule has 156 valence electrons. The second-order valence-corrected chi connectivity index (χ2v) is 6.43. The molecule has 1 aromatic carbocycles. The van der Waals surface area contributed by atoms with Crippen LogP contribution in [0.5, 0.6) is 5.75 Å². The number of methoxy groups -OCH3 is 1. The number of nitriles is 2. The second-order valence-electron chi connectivity index (χ2n) is 6.43. The van der Waals surface area contributed by atoms with Crippen LogP contribution in [0.2, 0.25) is 0 Å². The highest BCUT2D eigenvalue weighted by Gasteiger charge is 2.16. The molecule has 3 amide bonds. The molecular formula is C21H23N5O4. The third-order valence-corrected chi connectivity index (χ3v) is 4.31. The number of alkyl carbamates (subject to hydrolysis) is 1. The highest BCUT2D eigenvalue weighted by molar-refractivity contribution is 5.91. The van der Waals surface area contributed by atoms with Crippen LogP contribution < -0.4 is 20.7 Å². The number of hydrogen-bond donors (Lipinski definition) is 3. The first-order chi connectivity index (χ1) is 14.5. The number of hydrogen-bond acceptors (Lipinski definition) is 6. The van der Waals surface area contributed by atoms with E-state index in [1.54, 1.807) is 18.2 Å². The summed E-state index contributed by atoms with van der Waals surface area (Å²) in [6, 6.07) is 7.94. The number of carbonyl (C=O) groups is 2. The molecule has 0 aliphatic heterocycles. The maximum absolute atomic E-state index is 12.3. The Morgan fingerprint density at radius 3 is 2.77 bits per heavy atom. The number of ether oxygens (including phenoxy) is 2. The minimum absolute atomic E-state index is 0.0428. The van der Waals surface area contributed by atoms with Crippen molar-refractivity contribution in [1.82, 2.24) is 10.6 Å². The summed E-state index contributed by atoms with van der Waals surface area (Å²) in [6.07, 6.45) is 4.70. The number of benzene rings is 1. The molecule has 0 heterocycles. The first-order valence-corrected chi connectivity index (χ1v) is 9.33. The van der Waals surface area contributed by atoms with Crippen LogP contribution in [0.4, 0.5) is 15.3 Å². The Morgan fingerprint density at radius 2 is 2.07 bits per heavy atom. The highest BCUT2D eigenvalue weighted by atomic mass is 16.5. The van der Waals surface area contributed by atoms with E-state index in [0.29, 0.717) is 29.1 Å². The number of anilines is 1. The molecule has 9 nitrogen and oxygen atoms in total. The van der Waals surface area contributed by atoms with Gasteiger partial charge >= 0.3 is 12.1 Å². The fourth-order valence-electron chi connectivity index (χ4n) is 2.81. The van der Waals surface area contributed by atoms with Crippen molar-refractivity contribution in [2.24, 2.45) is 0 Å². The molecule has 0 spiro atoms. The lowest BCUT2D eigenvalue weighted by Gasteiger charge is -2.21. The topological polar surface area (TPSA) is 136 Å².